The number of allylic oxidation sites excluding steroid dienone is 1. The molecule has 0 aliphatic heterocycles. The Morgan fingerprint density at radius 2 is 1.63 bits per heavy atom. The molecule has 198 valence electrons. The van der Waals surface area contributed by atoms with Crippen LogP contribution < -0.4 is 5.32 Å². The molecule has 7 aromatic rings. The van der Waals surface area contributed by atoms with Crippen LogP contribution in [0.2, 0.25) is 0 Å². The first kappa shape index (κ1) is 24.5. The van der Waals surface area contributed by atoms with Crippen LogP contribution in [0, 0.1) is 5.82 Å². The number of H-pyrrole nitrogens is 2. The lowest BCUT2D eigenvalue weighted by Gasteiger charge is -2.11. The van der Waals surface area contributed by atoms with Gasteiger partial charge in [-0.2, -0.15) is 5.10 Å². The number of aromatic nitrogens is 5. The zero-order chi connectivity index (χ0) is 27.8. The fraction of sp³-hybridized carbons (Fsp3) is 0.0294. The van der Waals surface area contributed by atoms with Crippen LogP contribution in [0.15, 0.2) is 122 Å². The summed E-state index contributed by atoms with van der Waals surface area (Å²) in [4.78, 5) is 12.6. The van der Waals surface area contributed by atoms with E-state index in [1.165, 1.54) is 11.6 Å². The number of anilines is 1. The van der Waals surface area contributed by atoms with Crippen LogP contribution in [0.4, 0.5) is 10.1 Å². The molecule has 0 atom stereocenters. The highest BCUT2D eigenvalue weighted by Gasteiger charge is 2.16. The fourth-order valence-corrected chi connectivity index (χ4v) is 5.22. The summed E-state index contributed by atoms with van der Waals surface area (Å²) in [5, 5.41) is 12.9. The summed E-state index contributed by atoms with van der Waals surface area (Å²) in [6.07, 6.45) is 6.07. The van der Waals surface area contributed by atoms with Crippen LogP contribution >= 0.6 is 0 Å². The Kier molecular flexibility index (Phi) is 6.09. The molecule has 6 nitrogen and oxygen atoms in total. The summed E-state index contributed by atoms with van der Waals surface area (Å²) >= 11 is 0. The molecule has 0 fully saturated rings. The Hall–Kier alpha value is -5.56. The van der Waals surface area contributed by atoms with Crippen molar-refractivity contribution in [2.24, 2.45) is 0 Å². The highest BCUT2D eigenvalue weighted by Crippen LogP contribution is 2.35. The summed E-state index contributed by atoms with van der Waals surface area (Å²) in [7, 11) is 0. The molecule has 0 radical (unpaired) electrons. The third-order valence-corrected chi connectivity index (χ3v) is 7.15. The van der Waals surface area contributed by atoms with Crippen LogP contribution in [-0.2, 0) is 6.42 Å². The van der Waals surface area contributed by atoms with Gasteiger partial charge in [0.2, 0.25) is 0 Å². The zero-order valence-electron chi connectivity index (χ0n) is 22.0. The predicted octanol–water partition coefficient (Wildman–Crippen LogP) is 8.14. The maximum atomic E-state index is 14.6. The van der Waals surface area contributed by atoms with Gasteiger partial charge in [-0.3, -0.25) is 15.1 Å². The SMILES string of the molecule is C=C(Cc1ccccc1)Nc1cncc(-c2cc3c(-c4cc5c(-c6ccccc6F)cccc5[nH]4)n[nH]c3cn2)c1. The van der Waals surface area contributed by atoms with Crippen LogP contribution in [0.3, 0.4) is 0 Å². The minimum Gasteiger partial charge on any atom is -0.358 e. The minimum absolute atomic E-state index is 0.252. The molecule has 7 rings (SSSR count). The van der Waals surface area contributed by atoms with E-state index in [0.717, 1.165) is 67.8 Å². The number of hydrogen-bond donors (Lipinski definition) is 3. The van der Waals surface area contributed by atoms with Crippen LogP contribution in [0.5, 0.6) is 0 Å². The number of hydrogen-bond acceptors (Lipinski definition) is 4. The van der Waals surface area contributed by atoms with Crippen molar-refractivity contribution in [1.29, 1.82) is 0 Å². The van der Waals surface area contributed by atoms with Crippen molar-refractivity contribution in [3.05, 3.63) is 133 Å². The van der Waals surface area contributed by atoms with Gasteiger partial charge >= 0.3 is 0 Å². The Labute approximate surface area is 235 Å². The van der Waals surface area contributed by atoms with E-state index >= 15 is 0 Å². The second-order valence-corrected chi connectivity index (χ2v) is 9.97. The smallest absolute Gasteiger partial charge is 0.131 e. The summed E-state index contributed by atoms with van der Waals surface area (Å²) in [5.74, 6) is -0.252. The number of nitrogens with zero attached hydrogens (tertiary/aromatic N) is 3. The molecule has 0 aliphatic rings. The molecule has 0 saturated heterocycles. The maximum Gasteiger partial charge on any atom is 0.131 e. The summed E-state index contributed by atoms with van der Waals surface area (Å²) in [6, 6.07) is 28.9. The highest BCUT2D eigenvalue weighted by molar-refractivity contribution is 6.01. The summed E-state index contributed by atoms with van der Waals surface area (Å²) in [6.45, 7) is 4.18. The largest absolute Gasteiger partial charge is 0.358 e. The van der Waals surface area contributed by atoms with Gasteiger partial charge in [-0.25, -0.2) is 4.39 Å². The van der Waals surface area contributed by atoms with Gasteiger partial charge in [0.15, 0.2) is 0 Å². The number of nitrogens with one attached hydrogen (secondary N) is 3. The first-order valence-electron chi connectivity index (χ1n) is 13.3. The molecule has 0 saturated carbocycles. The van der Waals surface area contributed by atoms with E-state index in [1.807, 2.05) is 60.7 Å². The van der Waals surface area contributed by atoms with Gasteiger partial charge in [0.25, 0.3) is 0 Å². The zero-order valence-corrected chi connectivity index (χ0v) is 22.0. The monoisotopic (exact) mass is 536 g/mol. The molecular weight excluding hydrogens is 511 g/mol. The third-order valence-electron chi connectivity index (χ3n) is 7.15. The van der Waals surface area contributed by atoms with Gasteiger partial charge in [-0.1, -0.05) is 67.2 Å². The van der Waals surface area contributed by atoms with Crippen molar-refractivity contribution in [2.45, 2.75) is 6.42 Å². The normalized spacial score (nSPS) is 11.2. The predicted molar refractivity (Wildman–Crippen MR) is 163 cm³/mol. The van der Waals surface area contributed by atoms with Crippen molar-refractivity contribution in [1.82, 2.24) is 25.1 Å². The van der Waals surface area contributed by atoms with E-state index < -0.39 is 0 Å². The van der Waals surface area contributed by atoms with Gasteiger partial charge in [0.1, 0.15) is 11.5 Å². The van der Waals surface area contributed by atoms with E-state index in [-0.39, 0.29) is 5.82 Å². The molecule has 41 heavy (non-hydrogen) atoms. The topological polar surface area (TPSA) is 82.3 Å². The Balaban J connectivity index is 1.22. The lowest BCUT2D eigenvalue weighted by atomic mass is 10.0. The molecule has 4 heterocycles. The molecule has 0 unspecified atom stereocenters. The quantitative estimate of drug-likeness (QED) is 0.192. The van der Waals surface area contributed by atoms with E-state index in [1.54, 1.807) is 30.7 Å². The number of aromatic amines is 2. The first-order valence-corrected chi connectivity index (χ1v) is 13.3. The Morgan fingerprint density at radius 1 is 0.805 bits per heavy atom. The second-order valence-electron chi connectivity index (χ2n) is 9.97. The van der Waals surface area contributed by atoms with Gasteiger partial charge in [0.05, 0.1) is 35.0 Å². The van der Waals surface area contributed by atoms with E-state index in [0.29, 0.717) is 5.56 Å². The Morgan fingerprint density at radius 3 is 2.51 bits per heavy atom. The molecule has 3 aromatic carbocycles. The minimum atomic E-state index is -0.252. The van der Waals surface area contributed by atoms with E-state index in [4.69, 9.17) is 0 Å². The van der Waals surface area contributed by atoms with Crippen molar-refractivity contribution < 1.29 is 4.39 Å². The summed E-state index contributed by atoms with van der Waals surface area (Å²) in [5.41, 5.74) is 9.26. The first-order chi connectivity index (χ1) is 20.1. The number of fused-ring (bicyclic) bond motifs is 2. The summed E-state index contributed by atoms with van der Waals surface area (Å²) < 4.78 is 14.6. The molecule has 0 spiro atoms. The average molecular weight is 537 g/mol. The van der Waals surface area contributed by atoms with E-state index in [2.05, 4.69) is 49.2 Å². The molecule has 7 heteroatoms. The van der Waals surface area contributed by atoms with Crippen molar-refractivity contribution >= 4 is 27.5 Å². The lowest BCUT2D eigenvalue weighted by molar-refractivity contribution is 0.631. The third kappa shape index (κ3) is 4.74. The second kappa shape index (κ2) is 10.2. The molecule has 4 aromatic heterocycles. The standard InChI is InChI=1S/C34H25FN6/c1-21(14-22-8-3-2-4-9-22)38-24-15-23(18-36-19-24)31-17-28-33(20-37-31)40-41-34(28)32-16-27-25(11-7-13-30(27)39-32)26-10-5-6-12-29(26)35/h2-13,15-20,38-39H,1,14H2,(H,40,41). The molecule has 0 aliphatic carbocycles. The number of halogens is 1. The maximum absolute atomic E-state index is 14.6. The highest BCUT2D eigenvalue weighted by atomic mass is 19.1. The lowest BCUT2D eigenvalue weighted by Crippen LogP contribution is -2.02. The van der Waals surface area contributed by atoms with Crippen molar-refractivity contribution in [2.75, 3.05) is 5.32 Å². The van der Waals surface area contributed by atoms with Gasteiger partial charge in [0, 0.05) is 45.7 Å². The van der Waals surface area contributed by atoms with Crippen molar-refractivity contribution in [3.63, 3.8) is 0 Å². The van der Waals surface area contributed by atoms with Gasteiger partial charge in [-0.15, -0.1) is 0 Å². The van der Waals surface area contributed by atoms with E-state index in [9.17, 15) is 4.39 Å². The average Bonchev–Trinajstić information content (AvgIpc) is 3.62. The molecule has 0 amide bonds. The number of pyridine rings is 2. The van der Waals surface area contributed by atoms with Crippen molar-refractivity contribution in [3.8, 4) is 33.8 Å². The molecule has 3 N–H and O–H groups in total. The van der Waals surface area contributed by atoms with Crippen LogP contribution in [0.1, 0.15) is 5.56 Å². The molecule has 0 bridgehead atoms. The van der Waals surface area contributed by atoms with Crippen LogP contribution in [0.25, 0.3) is 55.6 Å². The molecular formula is C34H25FN6. The van der Waals surface area contributed by atoms with Gasteiger partial charge < -0.3 is 10.3 Å². The Bertz CT molecular complexity index is 2040. The number of benzene rings is 3. The fourth-order valence-electron chi connectivity index (χ4n) is 5.22. The van der Waals surface area contributed by atoms with Crippen LogP contribution in [-0.4, -0.2) is 25.1 Å². The number of rotatable bonds is 7. The van der Waals surface area contributed by atoms with Gasteiger partial charge in [-0.05, 0) is 41.5 Å².